The van der Waals surface area contributed by atoms with Crippen LogP contribution in [-0.2, 0) is 0 Å². The second-order valence-corrected chi connectivity index (χ2v) is 5.29. The van der Waals surface area contributed by atoms with Crippen LogP contribution in [0.1, 0.15) is 38.3 Å². The van der Waals surface area contributed by atoms with Gasteiger partial charge in [-0.05, 0) is 25.0 Å². The topological polar surface area (TPSA) is 52.0 Å². The SMILES string of the molecule is CCC(CC)c1noc(N)c1-c1ccc(Cl)cc1Cl. The summed E-state index contributed by atoms with van der Waals surface area (Å²) < 4.78 is 5.16. The zero-order valence-electron chi connectivity index (χ0n) is 10.9. The maximum Gasteiger partial charge on any atom is 0.230 e. The summed E-state index contributed by atoms with van der Waals surface area (Å²) in [5.41, 5.74) is 8.37. The van der Waals surface area contributed by atoms with E-state index < -0.39 is 0 Å². The first-order valence-corrected chi connectivity index (χ1v) is 7.04. The van der Waals surface area contributed by atoms with E-state index >= 15 is 0 Å². The number of aromatic nitrogens is 1. The molecule has 1 heterocycles. The molecule has 0 amide bonds. The first-order valence-electron chi connectivity index (χ1n) is 6.28. The Kier molecular flexibility index (Phi) is 4.38. The summed E-state index contributed by atoms with van der Waals surface area (Å²) in [5, 5.41) is 5.25. The van der Waals surface area contributed by atoms with E-state index in [-0.39, 0.29) is 0 Å². The third-order valence-corrected chi connectivity index (χ3v) is 3.87. The normalized spacial score (nSPS) is 11.2. The highest BCUT2D eigenvalue weighted by Crippen LogP contribution is 2.40. The van der Waals surface area contributed by atoms with Crippen LogP contribution in [0.2, 0.25) is 10.0 Å². The number of nitrogens with two attached hydrogens (primary N) is 1. The molecule has 0 unspecified atom stereocenters. The van der Waals surface area contributed by atoms with E-state index in [2.05, 4.69) is 19.0 Å². The molecule has 0 fully saturated rings. The molecule has 0 saturated carbocycles. The lowest BCUT2D eigenvalue weighted by molar-refractivity contribution is 0.416. The summed E-state index contributed by atoms with van der Waals surface area (Å²) in [6.45, 7) is 4.23. The summed E-state index contributed by atoms with van der Waals surface area (Å²) in [7, 11) is 0. The molecule has 0 bridgehead atoms. The van der Waals surface area contributed by atoms with E-state index in [0.717, 1.165) is 29.7 Å². The van der Waals surface area contributed by atoms with Crippen LogP contribution < -0.4 is 5.73 Å². The number of nitrogen functional groups attached to an aromatic ring is 1. The average Bonchev–Trinajstić information content (AvgIpc) is 2.74. The Hall–Kier alpha value is -1.19. The quantitative estimate of drug-likeness (QED) is 0.851. The molecule has 2 aromatic rings. The molecule has 2 N–H and O–H groups in total. The molecule has 19 heavy (non-hydrogen) atoms. The van der Waals surface area contributed by atoms with Crippen molar-refractivity contribution in [2.75, 3.05) is 5.73 Å². The van der Waals surface area contributed by atoms with Gasteiger partial charge >= 0.3 is 0 Å². The largest absolute Gasteiger partial charge is 0.367 e. The van der Waals surface area contributed by atoms with Gasteiger partial charge in [-0.2, -0.15) is 0 Å². The van der Waals surface area contributed by atoms with Crippen molar-refractivity contribution in [1.82, 2.24) is 5.16 Å². The molecule has 5 heteroatoms. The minimum absolute atomic E-state index is 0.297. The number of hydrogen-bond donors (Lipinski definition) is 1. The lowest BCUT2D eigenvalue weighted by Gasteiger charge is -2.12. The van der Waals surface area contributed by atoms with Gasteiger partial charge in [-0.3, -0.25) is 0 Å². The number of halogens is 2. The van der Waals surface area contributed by atoms with Crippen molar-refractivity contribution < 1.29 is 4.52 Å². The molecule has 102 valence electrons. The van der Waals surface area contributed by atoms with Crippen molar-refractivity contribution in [2.45, 2.75) is 32.6 Å². The molecule has 1 aromatic carbocycles. The van der Waals surface area contributed by atoms with E-state index in [1.54, 1.807) is 12.1 Å². The molecule has 0 atom stereocenters. The summed E-state index contributed by atoms with van der Waals surface area (Å²) in [6.07, 6.45) is 1.95. The Labute approximate surface area is 122 Å². The molecule has 1 aromatic heterocycles. The molecule has 2 rings (SSSR count). The zero-order chi connectivity index (χ0) is 14.0. The average molecular weight is 299 g/mol. The van der Waals surface area contributed by atoms with E-state index in [9.17, 15) is 0 Å². The minimum Gasteiger partial charge on any atom is -0.367 e. The van der Waals surface area contributed by atoms with Crippen LogP contribution in [0.15, 0.2) is 22.7 Å². The van der Waals surface area contributed by atoms with Gasteiger partial charge in [0.05, 0.1) is 16.3 Å². The van der Waals surface area contributed by atoms with Crippen LogP contribution in [-0.4, -0.2) is 5.16 Å². The second-order valence-electron chi connectivity index (χ2n) is 4.44. The van der Waals surface area contributed by atoms with Crippen molar-refractivity contribution in [3.63, 3.8) is 0 Å². The monoisotopic (exact) mass is 298 g/mol. The number of rotatable bonds is 4. The zero-order valence-corrected chi connectivity index (χ0v) is 12.4. The first kappa shape index (κ1) is 14.2. The summed E-state index contributed by atoms with van der Waals surface area (Å²) in [4.78, 5) is 0. The molecule has 0 aliphatic heterocycles. The molecule has 0 saturated heterocycles. The third-order valence-electron chi connectivity index (χ3n) is 3.32. The smallest absolute Gasteiger partial charge is 0.230 e. The van der Waals surface area contributed by atoms with Gasteiger partial charge in [0, 0.05) is 16.5 Å². The molecule has 0 aliphatic rings. The van der Waals surface area contributed by atoms with Crippen LogP contribution in [0, 0.1) is 0 Å². The predicted molar refractivity (Wildman–Crippen MR) is 79.7 cm³/mol. The third kappa shape index (κ3) is 2.72. The van der Waals surface area contributed by atoms with E-state index in [4.69, 9.17) is 33.5 Å². The fraction of sp³-hybridized carbons (Fsp3) is 0.357. The Morgan fingerprint density at radius 1 is 1.26 bits per heavy atom. The highest BCUT2D eigenvalue weighted by Gasteiger charge is 2.23. The molecule has 0 aliphatic carbocycles. The summed E-state index contributed by atoms with van der Waals surface area (Å²) in [6, 6.07) is 5.33. The number of anilines is 1. The molecule has 0 spiro atoms. The Morgan fingerprint density at radius 2 is 1.95 bits per heavy atom. The summed E-state index contributed by atoms with van der Waals surface area (Å²) >= 11 is 12.2. The Bertz CT molecular complexity index is 577. The van der Waals surface area contributed by atoms with E-state index in [1.165, 1.54) is 0 Å². The van der Waals surface area contributed by atoms with Gasteiger partial charge in [0.2, 0.25) is 5.88 Å². The molecule has 0 radical (unpaired) electrons. The van der Waals surface area contributed by atoms with Crippen LogP contribution >= 0.6 is 23.2 Å². The lowest BCUT2D eigenvalue weighted by atomic mass is 9.93. The van der Waals surface area contributed by atoms with Gasteiger partial charge in [0.15, 0.2) is 0 Å². The highest BCUT2D eigenvalue weighted by atomic mass is 35.5. The highest BCUT2D eigenvalue weighted by molar-refractivity contribution is 6.36. The number of hydrogen-bond acceptors (Lipinski definition) is 3. The van der Waals surface area contributed by atoms with Crippen molar-refractivity contribution in [3.8, 4) is 11.1 Å². The van der Waals surface area contributed by atoms with E-state index in [1.807, 2.05) is 6.07 Å². The fourth-order valence-corrected chi connectivity index (χ4v) is 2.74. The first-order chi connectivity index (χ1) is 9.08. The van der Waals surface area contributed by atoms with Crippen LogP contribution in [0.5, 0.6) is 0 Å². The Balaban J connectivity index is 2.58. The van der Waals surface area contributed by atoms with Gasteiger partial charge in [0.1, 0.15) is 0 Å². The van der Waals surface area contributed by atoms with Crippen LogP contribution in [0.4, 0.5) is 5.88 Å². The van der Waals surface area contributed by atoms with Gasteiger partial charge < -0.3 is 10.3 Å². The van der Waals surface area contributed by atoms with Crippen molar-refractivity contribution in [2.24, 2.45) is 0 Å². The Morgan fingerprint density at radius 3 is 2.53 bits per heavy atom. The van der Waals surface area contributed by atoms with E-state index in [0.29, 0.717) is 21.8 Å². The fourth-order valence-electron chi connectivity index (χ4n) is 2.23. The van der Waals surface area contributed by atoms with Crippen LogP contribution in [0.25, 0.3) is 11.1 Å². The van der Waals surface area contributed by atoms with Gasteiger partial charge in [-0.1, -0.05) is 48.3 Å². The van der Waals surface area contributed by atoms with Gasteiger partial charge in [-0.15, -0.1) is 0 Å². The molecule has 3 nitrogen and oxygen atoms in total. The minimum atomic E-state index is 0.297. The summed E-state index contributed by atoms with van der Waals surface area (Å²) in [5.74, 6) is 0.605. The number of nitrogens with zero attached hydrogens (tertiary/aromatic N) is 1. The van der Waals surface area contributed by atoms with Gasteiger partial charge in [-0.25, -0.2) is 0 Å². The maximum absolute atomic E-state index is 6.25. The standard InChI is InChI=1S/C14H16Cl2N2O/c1-3-8(4-2)13-12(14(17)19-18-13)10-6-5-9(15)7-11(10)16/h5-8H,3-4,17H2,1-2H3. The van der Waals surface area contributed by atoms with Gasteiger partial charge in [0.25, 0.3) is 0 Å². The second kappa shape index (κ2) is 5.85. The molecular weight excluding hydrogens is 283 g/mol. The lowest BCUT2D eigenvalue weighted by Crippen LogP contribution is -1.99. The maximum atomic E-state index is 6.25. The molecular formula is C14H16Cl2N2O. The van der Waals surface area contributed by atoms with Crippen LogP contribution in [0.3, 0.4) is 0 Å². The number of benzene rings is 1. The van der Waals surface area contributed by atoms with Crippen molar-refractivity contribution in [3.05, 3.63) is 33.9 Å². The van der Waals surface area contributed by atoms with Crippen molar-refractivity contribution >= 4 is 29.1 Å². The van der Waals surface area contributed by atoms with Crippen molar-refractivity contribution in [1.29, 1.82) is 0 Å². The predicted octanol–water partition coefficient (Wildman–Crippen LogP) is 5.13.